The minimum Gasteiger partial charge on any atom is -0.460 e. The number of ether oxygens (including phenoxy) is 3. The Kier molecular flexibility index (Phi) is 14.8. The summed E-state index contributed by atoms with van der Waals surface area (Å²) in [7, 11) is 1.50. The molecule has 5 nitrogen and oxygen atoms in total. The molecule has 0 fully saturated rings. The molecule has 0 aliphatic heterocycles. The van der Waals surface area contributed by atoms with Crippen LogP contribution in [-0.2, 0) is 19.0 Å². The predicted molar refractivity (Wildman–Crippen MR) is 86.6 cm³/mol. The minimum atomic E-state index is -0.616. The normalized spacial score (nSPS) is 13.8. The first-order valence-corrected chi connectivity index (χ1v) is 8.62. The quantitative estimate of drug-likeness (QED) is 0.285. The number of hydrogen-bond acceptors (Lipinski definition) is 5. The summed E-state index contributed by atoms with van der Waals surface area (Å²) in [5.74, 6) is -0.212. The van der Waals surface area contributed by atoms with Gasteiger partial charge in [0.1, 0.15) is 6.61 Å². The van der Waals surface area contributed by atoms with Crippen LogP contribution >= 0.6 is 0 Å². The van der Waals surface area contributed by atoms with Crippen molar-refractivity contribution in [3.05, 3.63) is 0 Å². The molecule has 0 aromatic rings. The van der Waals surface area contributed by atoms with Gasteiger partial charge in [0.2, 0.25) is 0 Å². The van der Waals surface area contributed by atoms with Gasteiger partial charge in [-0.25, -0.2) is 0 Å². The number of carbonyl (C=O) groups is 1. The smallest absolute Gasteiger partial charge is 0.305 e. The van der Waals surface area contributed by atoms with E-state index in [9.17, 15) is 4.79 Å². The maximum absolute atomic E-state index is 11.6. The lowest BCUT2D eigenvalue weighted by Crippen LogP contribution is -2.30. The zero-order valence-corrected chi connectivity index (χ0v) is 14.5. The number of esters is 1. The van der Waals surface area contributed by atoms with Gasteiger partial charge in [0.15, 0.2) is 6.29 Å². The van der Waals surface area contributed by atoms with Crippen molar-refractivity contribution in [1.82, 2.24) is 0 Å². The van der Waals surface area contributed by atoms with E-state index < -0.39 is 6.29 Å². The topological polar surface area (TPSA) is 65.0 Å². The molecular weight excluding hydrogens is 284 g/mol. The lowest BCUT2D eigenvalue weighted by Gasteiger charge is -2.21. The number of aliphatic hydroxyl groups excluding tert-OH is 1. The van der Waals surface area contributed by atoms with Crippen LogP contribution in [0.25, 0.3) is 0 Å². The Balaban J connectivity index is 3.65. The van der Waals surface area contributed by atoms with Gasteiger partial charge in [0.05, 0.1) is 12.7 Å². The Morgan fingerprint density at radius 2 is 1.68 bits per heavy atom. The summed E-state index contributed by atoms with van der Waals surface area (Å²) in [6, 6.07) is 0. The molecule has 0 aromatic heterocycles. The zero-order chi connectivity index (χ0) is 16.6. The second-order valence-corrected chi connectivity index (χ2v) is 5.57. The van der Waals surface area contributed by atoms with Gasteiger partial charge in [-0.2, -0.15) is 0 Å². The van der Waals surface area contributed by atoms with E-state index in [1.165, 1.54) is 39.2 Å². The van der Waals surface area contributed by atoms with Crippen molar-refractivity contribution in [1.29, 1.82) is 0 Å². The molecule has 0 heterocycles. The van der Waals surface area contributed by atoms with Gasteiger partial charge < -0.3 is 19.3 Å². The summed E-state index contributed by atoms with van der Waals surface area (Å²) in [4.78, 5) is 11.6. The number of methoxy groups -OCH3 is 1. The molecular formula is C17H34O5. The molecule has 0 aliphatic rings. The average molecular weight is 318 g/mol. The van der Waals surface area contributed by atoms with Crippen LogP contribution in [0, 0.1) is 0 Å². The second-order valence-electron chi connectivity index (χ2n) is 5.57. The van der Waals surface area contributed by atoms with Gasteiger partial charge in [0.25, 0.3) is 0 Å². The van der Waals surface area contributed by atoms with Crippen molar-refractivity contribution in [3.8, 4) is 0 Å². The first-order chi connectivity index (χ1) is 10.7. The Morgan fingerprint density at radius 3 is 2.23 bits per heavy atom. The Morgan fingerprint density at radius 1 is 1.05 bits per heavy atom. The monoisotopic (exact) mass is 318 g/mol. The van der Waals surface area contributed by atoms with Gasteiger partial charge in [0, 0.05) is 13.5 Å². The number of unbranched alkanes of at least 4 members (excludes halogenated alkanes) is 6. The van der Waals surface area contributed by atoms with E-state index in [1.54, 1.807) is 0 Å². The predicted octanol–water partition coefficient (Wildman–Crippen LogP) is 3.43. The first-order valence-electron chi connectivity index (χ1n) is 8.62. The molecule has 0 amide bonds. The summed E-state index contributed by atoms with van der Waals surface area (Å²) in [6.07, 6.45) is 8.46. The molecule has 2 unspecified atom stereocenters. The van der Waals surface area contributed by atoms with Crippen molar-refractivity contribution in [2.75, 3.05) is 20.3 Å². The third-order valence-electron chi connectivity index (χ3n) is 3.63. The summed E-state index contributed by atoms with van der Waals surface area (Å²) >= 11 is 0. The van der Waals surface area contributed by atoms with E-state index in [4.69, 9.17) is 19.3 Å². The van der Waals surface area contributed by atoms with E-state index in [0.29, 0.717) is 12.8 Å². The van der Waals surface area contributed by atoms with E-state index in [2.05, 4.69) is 6.92 Å². The molecule has 0 saturated carbocycles. The van der Waals surface area contributed by atoms with Crippen LogP contribution in [0.4, 0.5) is 0 Å². The molecule has 0 rings (SSSR count). The van der Waals surface area contributed by atoms with Gasteiger partial charge in [-0.1, -0.05) is 52.4 Å². The van der Waals surface area contributed by atoms with Gasteiger partial charge in [-0.15, -0.1) is 0 Å². The molecule has 2 atom stereocenters. The third-order valence-corrected chi connectivity index (χ3v) is 3.63. The van der Waals surface area contributed by atoms with Crippen LogP contribution in [0.3, 0.4) is 0 Å². The number of carbonyl (C=O) groups excluding carboxylic acids is 1. The van der Waals surface area contributed by atoms with E-state index in [-0.39, 0.29) is 25.3 Å². The van der Waals surface area contributed by atoms with Crippen LogP contribution in [0.1, 0.15) is 71.6 Å². The lowest BCUT2D eigenvalue weighted by molar-refractivity contribution is -0.194. The van der Waals surface area contributed by atoms with E-state index >= 15 is 0 Å². The van der Waals surface area contributed by atoms with Gasteiger partial charge >= 0.3 is 5.97 Å². The molecule has 0 aromatic carbocycles. The van der Waals surface area contributed by atoms with E-state index in [0.717, 1.165) is 12.8 Å². The number of aliphatic hydroxyl groups is 1. The van der Waals surface area contributed by atoms with Crippen LogP contribution in [0.2, 0.25) is 0 Å². The molecule has 1 N–H and O–H groups in total. The van der Waals surface area contributed by atoms with Crippen molar-refractivity contribution in [2.45, 2.75) is 84.0 Å². The fourth-order valence-electron chi connectivity index (χ4n) is 2.11. The van der Waals surface area contributed by atoms with Crippen molar-refractivity contribution in [2.24, 2.45) is 0 Å². The molecule has 0 spiro atoms. The standard InChI is InChI=1S/C17H34O5/c1-4-6-7-8-9-10-11-12-16(19)21-14-17(20-3)22-15(5-2)13-18/h15,17-18H,4-14H2,1-3H3. The summed E-state index contributed by atoms with van der Waals surface area (Å²) in [5.41, 5.74) is 0. The highest BCUT2D eigenvalue weighted by atomic mass is 16.7. The van der Waals surface area contributed by atoms with Crippen LogP contribution in [0.15, 0.2) is 0 Å². The molecule has 22 heavy (non-hydrogen) atoms. The first kappa shape index (κ1) is 21.4. The maximum Gasteiger partial charge on any atom is 0.305 e. The Bertz CT molecular complexity index is 253. The molecule has 132 valence electrons. The molecule has 0 aliphatic carbocycles. The van der Waals surface area contributed by atoms with Gasteiger partial charge in [-0.05, 0) is 12.8 Å². The molecule has 0 radical (unpaired) electrons. The highest BCUT2D eigenvalue weighted by Gasteiger charge is 2.16. The fraction of sp³-hybridized carbons (Fsp3) is 0.941. The van der Waals surface area contributed by atoms with E-state index in [1.807, 2.05) is 6.92 Å². The van der Waals surface area contributed by atoms with Crippen LogP contribution in [0.5, 0.6) is 0 Å². The third kappa shape index (κ3) is 12.0. The fourth-order valence-corrected chi connectivity index (χ4v) is 2.11. The van der Waals surface area contributed by atoms with Crippen molar-refractivity contribution >= 4 is 5.97 Å². The lowest BCUT2D eigenvalue weighted by atomic mass is 10.1. The second kappa shape index (κ2) is 15.3. The summed E-state index contributed by atoms with van der Waals surface area (Å²) in [6.45, 7) is 4.13. The minimum absolute atomic E-state index is 0.0671. The zero-order valence-electron chi connectivity index (χ0n) is 14.5. The molecule has 5 heteroatoms. The van der Waals surface area contributed by atoms with Gasteiger partial charge in [-0.3, -0.25) is 4.79 Å². The Hall–Kier alpha value is -0.650. The molecule has 0 bridgehead atoms. The summed E-state index contributed by atoms with van der Waals surface area (Å²) in [5, 5.41) is 9.08. The van der Waals surface area contributed by atoms with Crippen molar-refractivity contribution < 1.29 is 24.1 Å². The number of hydrogen-bond donors (Lipinski definition) is 1. The highest BCUT2D eigenvalue weighted by Crippen LogP contribution is 2.09. The molecule has 0 saturated heterocycles. The van der Waals surface area contributed by atoms with Crippen LogP contribution in [-0.4, -0.2) is 43.8 Å². The van der Waals surface area contributed by atoms with Crippen LogP contribution < -0.4 is 0 Å². The highest BCUT2D eigenvalue weighted by molar-refractivity contribution is 5.69. The SMILES string of the molecule is CCCCCCCCCC(=O)OCC(OC)OC(CC)CO. The average Bonchev–Trinajstić information content (AvgIpc) is 2.54. The Labute approximate surface area is 135 Å². The number of rotatable bonds is 15. The largest absolute Gasteiger partial charge is 0.460 e. The summed E-state index contributed by atoms with van der Waals surface area (Å²) < 4.78 is 15.7. The van der Waals surface area contributed by atoms with Crippen molar-refractivity contribution in [3.63, 3.8) is 0 Å². The maximum atomic E-state index is 11.6.